The van der Waals surface area contributed by atoms with Crippen LogP contribution in [-0.4, -0.2) is 0 Å². The average molecular weight is 221 g/mol. The fourth-order valence-electron chi connectivity index (χ4n) is 2.72. The van der Waals surface area contributed by atoms with E-state index in [1.807, 2.05) is 36.4 Å². The molecule has 1 nitrogen and oxygen atoms in total. The Morgan fingerprint density at radius 3 is 3.06 bits per heavy atom. The summed E-state index contributed by atoms with van der Waals surface area (Å²) in [6.07, 6.45) is 3.15. The van der Waals surface area contributed by atoms with Crippen LogP contribution in [0.3, 0.4) is 0 Å². The minimum atomic E-state index is 0.0201. The smallest absolute Gasteiger partial charge is 0.150 e. The molecule has 1 aliphatic heterocycles. The molecular formula is C16H12O. The Balaban J connectivity index is 1.88. The molecule has 0 saturated heterocycles. The van der Waals surface area contributed by atoms with Crippen LogP contribution in [0.4, 0.5) is 0 Å². The second kappa shape index (κ2) is 3.24. The van der Waals surface area contributed by atoms with E-state index in [0.29, 0.717) is 6.04 Å². The van der Waals surface area contributed by atoms with E-state index in [2.05, 4.69) is 12.1 Å². The number of rotatable bonds is 0. The van der Waals surface area contributed by atoms with Gasteiger partial charge in [-0.25, -0.2) is 0 Å². The topological polar surface area (TPSA) is 9.23 Å². The molecule has 1 unspecified atom stereocenters. The van der Waals surface area contributed by atoms with Crippen LogP contribution >= 0.6 is 0 Å². The number of fused-ring (bicyclic) bond motifs is 5. The highest BCUT2D eigenvalue weighted by Gasteiger charge is 2.32. The minimum Gasteiger partial charge on any atom is -0.480 e. The molecule has 0 radical (unpaired) electrons. The van der Waals surface area contributed by atoms with Crippen LogP contribution in [0.25, 0.3) is 5.57 Å². The van der Waals surface area contributed by atoms with Crippen molar-refractivity contribution in [3.05, 3.63) is 71.3 Å². The first-order valence-corrected chi connectivity index (χ1v) is 5.88. The molecule has 2 aromatic carbocycles. The van der Waals surface area contributed by atoms with Gasteiger partial charge in [0.2, 0.25) is 0 Å². The summed E-state index contributed by atoms with van der Waals surface area (Å²) >= 11 is 0. The summed E-state index contributed by atoms with van der Waals surface area (Å²) in [6, 6.07) is 14.6. The normalized spacial score (nSPS) is 20.6. The van der Waals surface area contributed by atoms with Gasteiger partial charge in [0, 0.05) is 16.7 Å². The summed E-state index contributed by atoms with van der Waals surface area (Å²) in [6.45, 7) is 0. The van der Waals surface area contributed by atoms with Crippen LogP contribution in [0.1, 0.15) is 24.2 Å². The summed E-state index contributed by atoms with van der Waals surface area (Å²) in [4.78, 5) is 0. The lowest BCUT2D eigenvalue weighted by Crippen LogP contribution is -2.10. The maximum Gasteiger partial charge on any atom is 0.150 e. The summed E-state index contributed by atoms with van der Waals surface area (Å²) < 4.78 is 13.7. The molecule has 1 heteroatoms. The van der Waals surface area contributed by atoms with Crippen LogP contribution < -0.4 is 4.74 Å². The number of allylic oxidation sites excluding steroid dienone is 1. The van der Waals surface area contributed by atoms with Gasteiger partial charge in [0.25, 0.3) is 0 Å². The van der Waals surface area contributed by atoms with Crippen molar-refractivity contribution in [1.82, 2.24) is 0 Å². The molecule has 0 spiro atoms. The predicted octanol–water partition coefficient (Wildman–Crippen LogP) is 3.76. The van der Waals surface area contributed by atoms with Crippen molar-refractivity contribution in [3.8, 4) is 5.75 Å². The molecule has 1 heterocycles. The maximum absolute atomic E-state index is 7.69. The molecular weight excluding hydrogens is 208 g/mol. The Hall–Kier alpha value is -2.02. The second-order valence-electron chi connectivity index (χ2n) is 4.48. The number of hydrogen-bond acceptors (Lipinski definition) is 1. The van der Waals surface area contributed by atoms with Gasteiger partial charge < -0.3 is 4.74 Å². The quantitative estimate of drug-likeness (QED) is 0.658. The van der Waals surface area contributed by atoms with E-state index in [0.717, 1.165) is 12.2 Å². The van der Waals surface area contributed by atoms with Crippen molar-refractivity contribution >= 4 is 5.57 Å². The molecule has 1 aliphatic carbocycles. The first-order chi connectivity index (χ1) is 8.83. The molecule has 17 heavy (non-hydrogen) atoms. The van der Waals surface area contributed by atoms with Gasteiger partial charge in [-0.3, -0.25) is 0 Å². The van der Waals surface area contributed by atoms with Gasteiger partial charge in [0.05, 0.1) is 1.37 Å². The molecule has 0 aromatic heterocycles. The van der Waals surface area contributed by atoms with Crippen molar-refractivity contribution in [2.75, 3.05) is 0 Å². The first kappa shape index (κ1) is 8.13. The number of para-hydroxylation sites is 1. The molecule has 0 amide bonds. The lowest BCUT2D eigenvalue weighted by Gasteiger charge is -2.20. The van der Waals surface area contributed by atoms with Crippen molar-refractivity contribution < 1.29 is 6.11 Å². The largest absolute Gasteiger partial charge is 0.480 e. The van der Waals surface area contributed by atoms with E-state index < -0.39 is 0 Å². The van der Waals surface area contributed by atoms with E-state index in [-0.39, 0.29) is 6.10 Å². The highest BCUT2D eigenvalue weighted by molar-refractivity contribution is 5.80. The molecule has 82 valence electrons. The third-order valence-electron chi connectivity index (χ3n) is 3.54. The van der Waals surface area contributed by atoms with Crippen LogP contribution in [-0.2, 0) is 6.42 Å². The Labute approximate surface area is 102 Å². The predicted molar refractivity (Wildman–Crippen MR) is 67.9 cm³/mol. The van der Waals surface area contributed by atoms with Crippen LogP contribution in [0.2, 0.25) is 0 Å². The SMILES string of the molecule is [2H]c1ccc2c(c1)CC=C1c3ccccc3OC12. The second-order valence-corrected chi connectivity index (χ2v) is 4.48. The van der Waals surface area contributed by atoms with Gasteiger partial charge >= 0.3 is 0 Å². The monoisotopic (exact) mass is 221 g/mol. The highest BCUT2D eigenvalue weighted by atomic mass is 16.5. The Kier molecular flexibility index (Phi) is 1.55. The number of ether oxygens (including phenoxy) is 1. The van der Waals surface area contributed by atoms with E-state index in [9.17, 15) is 0 Å². The molecule has 0 N–H and O–H groups in total. The summed E-state index contributed by atoms with van der Waals surface area (Å²) in [5, 5.41) is 0. The Bertz CT molecular complexity index is 673. The molecule has 0 bridgehead atoms. The van der Waals surface area contributed by atoms with Crippen molar-refractivity contribution in [2.24, 2.45) is 0 Å². The molecule has 4 rings (SSSR count). The first-order valence-electron chi connectivity index (χ1n) is 6.38. The lowest BCUT2D eigenvalue weighted by molar-refractivity contribution is 0.280. The summed E-state index contributed by atoms with van der Waals surface area (Å²) in [7, 11) is 0. The standard InChI is InChI=1S/C16H12O/c1-2-6-12-11(5-1)9-10-14-13-7-3-4-8-15(13)17-16(12)14/h1-8,10,16H,9H2/i1D. The zero-order valence-corrected chi connectivity index (χ0v) is 9.31. The van der Waals surface area contributed by atoms with Gasteiger partial charge in [-0.1, -0.05) is 48.5 Å². The highest BCUT2D eigenvalue weighted by Crippen LogP contribution is 2.48. The summed E-state index contributed by atoms with van der Waals surface area (Å²) in [5.41, 5.74) is 4.91. The summed E-state index contributed by atoms with van der Waals surface area (Å²) in [5.74, 6) is 0.969. The minimum absolute atomic E-state index is 0.0201. The third-order valence-corrected chi connectivity index (χ3v) is 3.54. The van der Waals surface area contributed by atoms with Gasteiger partial charge in [-0.2, -0.15) is 0 Å². The number of benzene rings is 2. The Morgan fingerprint density at radius 1 is 1.12 bits per heavy atom. The van der Waals surface area contributed by atoms with Gasteiger partial charge in [-0.15, -0.1) is 0 Å². The van der Waals surface area contributed by atoms with E-state index in [1.54, 1.807) is 0 Å². The molecule has 0 saturated carbocycles. The molecule has 2 aliphatic rings. The average Bonchev–Trinajstić information content (AvgIpc) is 2.77. The zero-order valence-electron chi connectivity index (χ0n) is 10.3. The van der Waals surface area contributed by atoms with E-state index in [4.69, 9.17) is 6.11 Å². The molecule has 1 atom stereocenters. The van der Waals surface area contributed by atoms with Crippen molar-refractivity contribution in [1.29, 1.82) is 0 Å². The maximum atomic E-state index is 7.69. The van der Waals surface area contributed by atoms with Crippen molar-refractivity contribution in [3.63, 3.8) is 0 Å². The van der Waals surface area contributed by atoms with E-state index in [1.165, 1.54) is 22.3 Å². The lowest BCUT2D eigenvalue weighted by atomic mass is 9.87. The van der Waals surface area contributed by atoms with Crippen molar-refractivity contribution in [2.45, 2.75) is 12.5 Å². The van der Waals surface area contributed by atoms with Gasteiger partial charge in [0.1, 0.15) is 11.9 Å². The van der Waals surface area contributed by atoms with Crippen LogP contribution in [0.5, 0.6) is 5.75 Å². The van der Waals surface area contributed by atoms with Gasteiger partial charge in [-0.05, 0) is 18.1 Å². The van der Waals surface area contributed by atoms with E-state index >= 15 is 0 Å². The fraction of sp³-hybridized carbons (Fsp3) is 0.125. The molecule has 2 aromatic rings. The van der Waals surface area contributed by atoms with Gasteiger partial charge in [0.15, 0.2) is 0 Å². The van der Waals surface area contributed by atoms with Crippen LogP contribution in [0.15, 0.2) is 54.6 Å². The fourth-order valence-corrected chi connectivity index (χ4v) is 2.72. The Morgan fingerprint density at radius 2 is 2.06 bits per heavy atom. The number of hydrogen-bond donors (Lipinski definition) is 0. The molecule has 0 fully saturated rings. The third kappa shape index (κ3) is 1.19. The zero-order chi connectivity index (χ0) is 12.1. The van der Waals surface area contributed by atoms with Crippen LogP contribution in [0, 0.1) is 0 Å².